The number of nitrogens with one attached hydrogen (secondary N) is 1. The van der Waals surface area contributed by atoms with E-state index in [4.69, 9.17) is 4.74 Å². The Kier molecular flexibility index (Phi) is 2.63. The maximum Gasteiger partial charge on any atom is 0.254 e. The van der Waals surface area contributed by atoms with Crippen molar-refractivity contribution in [2.24, 2.45) is 0 Å². The smallest absolute Gasteiger partial charge is 0.254 e. The summed E-state index contributed by atoms with van der Waals surface area (Å²) in [7, 11) is 0. The molecule has 18 heavy (non-hydrogen) atoms. The van der Waals surface area contributed by atoms with E-state index in [1.165, 1.54) is 11.9 Å². The molecule has 1 aliphatic heterocycles. The minimum atomic E-state index is -0.0712. The Morgan fingerprint density at radius 1 is 1.44 bits per heavy atom. The van der Waals surface area contributed by atoms with Gasteiger partial charge in [-0.3, -0.25) is 4.79 Å². The highest BCUT2D eigenvalue weighted by Gasteiger charge is 2.20. The summed E-state index contributed by atoms with van der Waals surface area (Å²) in [6.07, 6.45) is 3.03. The molecule has 92 valence electrons. The number of para-hydroxylation sites is 1. The van der Waals surface area contributed by atoms with E-state index in [0.29, 0.717) is 18.6 Å². The fourth-order valence-corrected chi connectivity index (χ4v) is 2.39. The molecule has 0 spiro atoms. The predicted molar refractivity (Wildman–Crippen MR) is 68.9 cm³/mol. The first-order valence-corrected chi connectivity index (χ1v) is 6.13. The third-order valence-corrected chi connectivity index (χ3v) is 3.27. The van der Waals surface area contributed by atoms with Crippen LogP contribution in [0.5, 0.6) is 5.75 Å². The van der Waals surface area contributed by atoms with Crippen molar-refractivity contribution >= 4 is 0 Å². The third kappa shape index (κ3) is 1.61. The lowest BCUT2D eigenvalue weighted by Crippen LogP contribution is -2.14. The van der Waals surface area contributed by atoms with E-state index >= 15 is 0 Å². The van der Waals surface area contributed by atoms with Gasteiger partial charge >= 0.3 is 0 Å². The van der Waals surface area contributed by atoms with Crippen LogP contribution in [0.15, 0.2) is 29.3 Å². The summed E-state index contributed by atoms with van der Waals surface area (Å²) in [4.78, 5) is 18.8. The topological polar surface area (TPSA) is 55.0 Å². The number of rotatable bonds is 2. The molecule has 4 nitrogen and oxygen atoms in total. The number of hydrogen-bond acceptors (Lipinski definition) is 3. The van der Waals surface area contributed by atoms with E-state index in [2.05, 4.69) is 16.0 Å². The van der Waals surface area contributed by atoms with Gasteiger partial charge in [-0.2, -0.15) is 0 Å². The lowest BCUT2D eigenvalue weighted by molar-refractivity contribution is 0.358. The SMILES string of the molecule is CCc1c(-c2cccc3c2OCC3)nc[nH]c1=O. The maximum atomic E-state index is 11.8. The lowest BCUT2D eigenvalue weighted by atomic mass is 10.0. The average Bonchev–Trinajstić information content (AvgIpc) is 2.86. The quantitative estimate of drug-likeness (QED) is 0.875. The number of aromatic nitrogens is 2. The lowest BCUT2D eigenvalue weighted by Gasteiger charge is -2.09. The van der Waals surface area contributed by atoms with Gasteiger partial charge in [0, 0.05) is 17.5 Å². The van der Waals surface area contributed by atoms with Gasteiger partial charge in [-0.1, -0.05) is 19.1 Å². The van der Waals surface area contributed by atoms with Gasteiger partial charge in [0.2, 0.25) is 0 Å². The normalized spacial score (nSPS) is 13.2. The second-order valence-corrected chi connectivity index (χ2v) is 4.30. The Morgan fingerprint density at radius 2 is 2.33 bits per heavy atom. The van der Waals surface area contributed by atoms with Crippen molar-refractivity contribution in [2.75, 3.05) is 6.61 Å². The molecule has 1 N–H and O–H groups in total. The van der Waals surface area contributed by atoms with Gasteiger partial charge < -0.3 is 9.72 Å². The Balaban J connectivity index is 2.25. The molecule has 1 aromatic heterocycles. The summed E-state index contributed by atoms with van der Waals surface area (Å²) in [5, 5.41) is 0. The second kappa shape index (κ2) is 4.29. The zero-order valence-corrected chi connectivity index (χ0v) is 10.2. The summed E-state index contributed by atoms with van der Waals surface area (Å²) in [5.74, 6) is 0.880. The predicted octanol–water partition coefficient (Wildman–Crippen LogP) is 1.93. The van der Waals surface area contributed by atoms with Crippen molar-refractivity contribution in [3.05, 3.63) is 46.0 Å². The minimum Gasteiger partial charge on any atom is -0.492 e. The van der Waals surface area contributed by atoms with Gasteiger partial charge in [-0.15, -0.1) is 0 Å². The first kappa shape index (κ1) is 11.0. The van der Waals surface area contributed by atoms with Crippen molar-refractivity contribution in [1.82, 2.24) is 9.97 Å². The van der Waals surface area contributed by atoms with Gasteiger partial charge in [0.25, 0.3) is 5.56 Å². The van der Waals surface area contributed by atoms with Gasteiger partial charge in [0.05, 0.1) is 18.6 Å². The van der Waals surface area contributed by atoms with Gasteiger partial charge in [0.15, 0.2) is 0 Å². The highest BCUT2D eigenvalue weighted by molar-refractivity contribution is 5.72. The molecule has 0 saturated carbocycles. The molecule has 0 aliphatic carbocycles. The summed E-state index contributed by atoms with van der Waals surface area (Å²) in [6.45, 7) is 2.66. The van der Waals surface area contributed by atoms with E-state index in [9.17, 15) is 4.79 Å². The number of aromatic amines is 1. The molecule has 0 unspecified atom stereocenters. The zero-order chi connectivity index (χ0) is 12.5. The largest absolute Gasteiger partial charge is 0.492 e. The van der Waals surface area contributed by atoms with Crippen molar-refractivity contribution in [1.29, 1.82) is 0 Å². The van der Waals surface area contributed by atoms with E-state index in [-0.39, 0.29) is 5.56 Å². The molecular weight excluding hydrogens is 228 g/mol. The van der Waals surface area contributed by atoms with Crippen LogP contribution in [0.3, 0.4) is 0 Å². The van der Waals surface area contributed by atoms with Crippen LogP contribution in [0.25, 0.3) is 11.3 Å². The second-order valence-electron chi connectivity index (χ2n) is 4.30. The highest BCUT2D eigenvalue weighted by atomic mass is 16.5. The standard InChI is InChI=1S/C14H14N2O2/c1-2-10-12(15-8-16-14(10)17)11-5-3-4-9-6-7-18-13(9)11/h3-5,8H,2,6-7H2,1H3,(H,15,16,17). The minimum absolute atomic E-state index is 0.0712. The van der Waals surface area contributed by atoms with Crippen LogP contribution in [0.1, 0.15) is 18.1 Å². The number of hydrogen-bond donors (Lipinski definition) is 1. The molecule has 0 amide bonds. The van der Waals surface area contributed by atoms with Crippen LogP contribution < -0.4 is 10.3 Å². The fourth-order valence-electron chi connectivity index (χ4n) is 2.39. The highest BCUT2D eigenvalue weighted by Crippen LogP contribution is 2.36. The van der Waals surface area contributed by atoms with Crippen LogP contribution >= 0.6 is 0 Å². The van der Waals surface area contributed by atoms with Gasteiger partial charge in [0.1, 0.15) is 5.75 Å². The molecule has 3 rings (SSSR count). The van der Waals surface area contributed by atoms with Gasteiger partial charge in [-0.05, 0) is 18.1 Å². The molecule has 2 aromatic rings. The summed E-state index contributed by atoms with van der Waals surface area (Å²) in [5.41, 5.74) is 3.49. The summed E-state index contributed by atoms with van der Waals surface area (Å²) >= 11 is 0. The third-order valence-electron chi connectivity index (χ3n) is 3.27. The van der Waals surface area contributed by atoms with E-state index in [1.807, 2.05) is 19.1 Å². The van der Waals surface area contributed by atoms with E-state index in [1.54, 1.807) is 0 Å². The molecule has 0 saturated heterocycles. The first-order chi connectivity index (χ1) is 8.81. The summed E-state index contributed by atoms with van der Waals surface area (Å²) < 4.78 is 5.67. The molecule has 4 heteroatoms. The fraction of sp³-hybridized carbons (Fsp3) is 0.286. The first-order valence-electron chi connectivity index (χ1n) is 6.13. The molecule has 0 atom stereocenters. The zero-order valence-electron chi connectivity index (χ0n) is 10.2. The number of benzene rings is 1. The molecule has 0 fully saturated rings. The molecule has 1 aliphatic rings. The molecular formula is C14H14N2O2. The number of H-pyrrole nitrogens is 1. The van der Waals surface area contributed by atoms with Crippen molar-refractivity contribution in [3.63, 3.8) is 0 Å². The monoisotopic (exact) mass is 242 g/mol. The van der Waals surface area contributed by atoms with Crippen molar-refractivity contribution in [2.45, 2.75) is 19.8 Å². The maximum absolute atomic E-state index is 11.8. The van der Waals surface area contributed by atoms with Crippen LogP contribution in [-0.4, -0.2) is 16.6 Å². The van der Waals surface area contributed by atoms with E-state index < -0.39 is 0 Å². The van der Waals surface area contributed by atoms with Crippen molar-refractivity contribution in [3.8, 4) is 17.0 Å². The summed E-state index contributed by atoms with van der Waals surface area (Å²) in [6, 6.07) is 6.01. The Labute approximate surface area is 105 Å². The Bertz CT molecular complexity index is 646. The Morgan fingerprint density at radius 3 is 3.17 bits per heavy atom. The molecule has 0 bridgehead atoms. The van der Waals surface area contributed by atoms with Crippen molar-refractivity contribution < 1.29 is 4.74 Å². The molecule has 2 heterocycles. The number of fused-ring (bicyclic) bond motifs is 1. The Hall–Kier alpha value is -2.10. The van der Waals surface area contributed by atoms with E-state index in [0.717, 1.165) is 23.4 Å². The average molecular weight is 242 g/mol. The number of nitrogens with zero attached hydrogens (tertiary/aromatic N) is 1. The number of ether oxygens (including phenoxy) is 1. The van der Waals surface area contributed by atoms with Crippen LogP contribution in [0.4, 0.5) is 0 Å². The van der Waals surface area contributed by atoms with Gasteiger partial charge in [-0.25, -0.2) is 4.98 Å². The molecule has 0 radical (unpaired) electrons. The van der Waals surface area contributed by atoms with Crippen LogP contribution in [-0.2, 0) is 12.8 Å². The van der Waals surface area contributed by atoms with Crippen LogP contribution in [0, 0.1) is 0 Å². The molecule has 1 aromatic carbocycles. The van der Waals surface area contributed by atoms with Crippen LogP contribution in [0.2, 0.25) is 0 Å².